The fourth-order valence-electron chi connectivity index (χ4n) is 4.12. The average Bonchev–Trinajstić information content (AvgIpc) is 3.34. The molecule has 26 heavy (non-hydrogen) atoms. The first-order valence-electron chi connectivity index (χ1n) is 9.20. The maximum atomic E-state index is 12.7. The van der Waals surface area contributed by atoms with E-state index in [1.165, 1.54) is 0 Å². The average molecular weight is 354 g/mol. The lowest BCUT2D eigenvalue weighted by molar-refractivity contribution is -0.137. The van der Waals surface area contributed by atoms with E-state index in [2.05, 4.69) is 30.9 Å². The largest absolute Gasteiger partial charge is 0.378 e. The molecule has 8 nitrogen and oxygen atoms in total. The summed E-state index contributed by atoms with van der Waals surface area (Å²) in [4.78, 5) is 26.7. The van der Waals surface area contributed by atoms with E-state index in [1.807, 2.05) is 23.6 Å². The Hall–Kier alpha value is -2.45. The molecule has 0 radical (unpaired) electrons. The molecule has 1 amide bonds. The number of fused-ring (bicyclic) bond motifs is 3. The van der Waals surface area contributed by atoms with Crippen molar-refractivity contribution in [3.05, 3.63) is 24.8 Å². The van der Waals surface area contributed by atoms with E-state index in [1.54, 1.807) is 0 Å². The van der Waals surface area contributed by atoms with Gasteiger partial charge in [0.2, 0.25) is 5.91 Å². The lowest BCUT2D eigenvalue weighted by Crippen LogP contribution is -2.54. The van der Waals surface area contributed by atoms with E-state index in [0.717, 1.165) is 54.5 Å². The number of hydrogen-bond donors (Lipinski definition) is 2. The second-order valence-electron chi connectivity index (χ2n) is 7.02. The van der Waals surface area contributed by atoms with Gasteiger partial charge in [0, 0.05) is 37.3 Å². The second kappa shape index (κ2) is 6.37. The van der Waals surface area contributed by atoms with Gasteiger partial charge < -0.3 is 24.5 Å². The monoisotopic (exact) mass is 354 g/mol. The molecule has 8 heteroatoms. The van der Waals surface area contributed by atoms with Crippen LogP contribution in [0.15, 0.2) is 24.8 Å². The predicted octanol–water partition coefficient (Wildman–Crippen LogP) is 1.06. The van der Waals surface area contributed by atoms with Crippen LogP contribution in [0.4, 0.5) is 0 Å². The van der Waals surface area contributed by atoms with Gasteiger partial charge in [-0.1, -0.05) is 0 Å². The number of nitrogens with one attached hydrogen (secondary N) is 2. The standard InChI is InChI=1S/C18H22N6O2/c25-18(15-10-26-8-5-19-15)23-6-2-12(3-7-23)24-11-22-14-9-21-17-13(16(14)24)1-4-20-17/h1,4,9,11-12,15,19H,2-3,5-8,10H2,(H,20,21)/t15-/m0/s1. The number of nitrogens with zero attached hydrogens (tertiary/aromatic N) is 4. The number of aromatic amines is 1. The SMILES string of the molecule is O=C([C@@H]1COCCN1)N1CCC(n2cnc3cnc4[nH]ccc4c32)CC1. The third-order valence-corrected chi connectivity index (χ3v) is 5.51. The number of ether oxygens (including phenoxy) is 1. The topological polar surface area (TPSA) is 88.1 Å². The van der Waals surface area contributed by atoms with Gasteiger partial charge in [0.1, 0.15) is 17.2 Å². The van der Waals surface area contributed by atoms with Crippen molar-refractivity contribution in [2.24, 2.45) is 0 Å². The first-order chi connectivity index (χ1) is 12.8. The van der Waals surface area contributed by atoms with Gasteiger partial charge in [0.05, 0.1) is 31.3 Å². The summed E-state index contributed by atoms with van der Waals surface area (Å²) in [6, 6.07) is 2.20. The molecule has 2 fully saturated rings. The number of aromatic nitrogens is 4. The molecule has 3 aromatic rings. The number of morpholine rings is 1. The number of amides is 1. The Labute approximate surface area is 150 Å². The zero-order valence-corrected chi connectivity index (χ0v) is 14.5. The molecule has 0 aromatic carbocycles. The first kappa shape index (κ1) is 15.8. The predicted molar refractivity (Wildman–Crippen MR) is 96.8 cm³/mol. The van der Waals surface area contributed by atoms with Crippen LogP contribution < -0.4 is 5.32 Å². The summed E-state index contributed by atoms with van der Waals surface area (Å²) in [5.74, 6) is 0.163. The molecule has 5 heterocycles. The highest BCUT2D eigenvalue weighted by molar-refractivity contribution is 6.00. The van der Waals surface area contributed by atoms with Crippen LogP contribution in [0.1, 0.15) is 18.9 Å². The minimum absolute atomic E-state index is 0.163. The molecule has 5 rings (SSSR count). The molecular formula is C18H22N6O2. The summed E-state index contributed by atoms with van der Waals surface area (Å²) in [7, 11) is 0. The zero-order valence-electron chi connectivity index (χ0n) is 14.5. The second-order valence-corrected chi connectivity index (χ2v) is 7.02. The minimum Gasteiger partial charge on any atom is -0.378 e. The van der Waals surface area contributed by atoms with Gasteiger partial charge in [-0.05, 0) is 18.9 Å². The van der Waals surface area contributed by atoms with Crippen molar-refractivity contribution in [3.63, 3.8) is 0 Å². The molecule has 3 aromatic heterocycles. The molecule has 2 aliphatic heterocycles. The highest BCUT2D eigenvalue weighted by Crippen LogP contribution is 2.30. The fraction of sp³-hybridized carbons (Fsp3) is 0.500. The van der Waals surface area contributed by atoms with Crippen molar-refractivity contribution in [1.82, 2.24) is 29.7 Å². The van der Waals surface area contributed by atoms with Gasteiger partial charge in [-0.25, -0.2) is 9.97 Å². The van der Waals surface area contributed by atoms with Crippen LogP contribution in [0.25, 0.3) is 22.1 Å². The van der Waals surface area contributed by atoms with Crippen LogP contribution in [0.3, 0.4) is 0 Å². The number of carbonyl (C=O) groups is 1. The third-order valence-electron chi connectivity index (χ3n) is 5.51. The maximum Gasteiger partial charge on any atom is 0.242 e. The lowest BCUT2D eigenvalue weighted by atomic mass is 10.0. The van der Waals surface area contributed by atoms with Crippen molar-refractivity contribution in [1.29, 1.82) is 0 Å². The van der Waals surface area contributed by atoms with E-state index >= 15 is 0 Å². The number of piperidine rings is 1. The third kappa shape index (κ3) is 2.57. The van der Waals surface area contributed by atoms with Gasteiger partial charge in [0.25, 0.3) is 0 Å². The van der Waals surface area contributed by atoms with Gasteiger partial charge >= 0.3 is 0 Å². The number of pyridine rings is 1. The van der Waals surface area contributed by atoms with Crippen molar-refractivity contribution in [3.8, 4) is 0 Å². The lowest BCUT2D eigenvalue weighted by Gasteiger charge is -2.36. The van der Waals surface area contributed by atoms with Gasteiger partial charge in [0.15, 0.2) is 0 Å². The van der Waals surface area contributed by atoms with E-state index in [9.17, 15) is 4.79 Å². The quantitative estimate of drug-likeness (QED) is 0.719. The minimum atomic E-state index is -0.195. The summed E-state index contributed by atoms with van der Waals surface area (Å²) in [5.41, 5.74) is 2.93. The fourth-order valence-corrected chi connectivity index (χ4v) is 4.12. The number of hydrogen-bond acceptors (Lipinski definition) is 5. The van der Waals surface area contributed by atoms with Crippen molar-refractivity contribution >= 4 is 28.0 Å². The summed E-state index contributed by atoms with van der Waals surface area (Å²) in [6.45, 7) is 3.44. The zero-order chi connectivity index (χ0) is 17.5. The summed E-state index contributed by atoms with van der Waals surface area (Å²) >= 11 is 0. The van der Waals surface area contributed by atoms with Crippen molar-refractivity contribution < 1.29 is 9.53 Å². The maximum absolute atomic E-state index is 12.7. The number of H-pyrrole nitrogens is 1. The van der Waals surface area contributed by atoms with Crippen LogP contribution >= 0.6 is 0 Å². The normalized spacial score (nSPS) is 22.3. The Bertz CT molecular complexity index is 934. The number of likely N-dealkylation sites (tertiary alicyclic amines) is 1. The van der Waals surface area contributed by atoms with Crippen LogP contribution in [0, 0.1) is 0 Å². The molecule has 1 atom stereocenters. The molecule has 0 bridgehead atoms. The van der Waals surface area contributed by atoms with Crippen LogP contribution in [-0.4, -0.2) is 69.2 Å². The molecule has 136 valence electrons. The Balaban J connectivity index is 1.35. The number of rotatable bonds is 2. The van der Waals surface area contributed by atoms with Gasteiger partial charge in [-0.3, -0.25) is 4.79 Å². The molecule has 0 saturated carbocycles. The molecule has 0 unspecified atom stereocenters. The van der Waals surface area contributed by atoms with Crippen molar-refractivity contribution in [2.75, 3.05) is 32.8 Å². The van der Waals surface area contributed by atoms with Gasteiger partial charge in [-0.2, -0.15) is 0 Å². The Morgan fingerprint density at radius 3 is 2.96 bits per heavy atom. The summed E-state index contributed by atoms with van der Waals surface area (Å²) in [5, 5.41) is 4.35. The summed E-state index contributed by atoms with van der Waals surface area (Å²) in [6.07, 6.45) is 7.50. The Kier molecular flexibility index (Phi) is 3.86. The van der Waals surface area contributed by atoms with Crippen LogP contribution in [0.2, 0.25) is 0 Å². The van der Waals surface area contributed by atoms with E-state index < -0.39 is 0 Å². The smallest absolute Gasteiger partial charge is 0.242 e. The molecule has 0 spiro atoms. The first-order valence-corrected chi connectivity index (χ1v) is 9.20. The Morgan fingerprint density at radius 1 is 1.27 bits per heavy atom. The highest BCUT2D eigenvalue weighted by Gasteiger charge is 2.30. The number of carbonyl (C=O) groups excluding carboxylic acids is 1. The molecule has 2 aliphatic rings. The van der Waals surface area contributed by atoms with Gasteiger partial charge in [-0.15, -0.1) is 0 Å². The molecule has 2 N–H and O–H groups in total. The van der Waals surface area contributed by atoms with E-state index in [4.69, 9.17) is 4.74 Å². The highest BCUT2D eigenvalue weighted by atomic mass is 16.5. The van der Waals surface area contributed by atoms with E-state index in [-0.39, 0.29) is 11.9 Å². The summed E-state index contributed by atoms with van der Waals surface area (Å²) < 4.78 is 7.69. The molecular weight excluding hydrogens is 332 g/mol. The van der Waals surface area contributed by atoms with Crippen LogP contribution in [0.5, 0.6) is 0 Å². The van der Waals surface area contributed by atoms with E-state index in [0.29, 0.717) is 19.3 Å². The molecule has 2 saturated heterocycles. The Morgan fingerprint density at radius 2 is 2.15 bits per heavy atom. The van der Waals surface area contributed by atoms with Crippen LogP contribution in [-0.2, 0) is 9.53 Å². The number of imidazole rings is 1. The van der Waals surface area contributed by atoms with Crippen molar-refractivity contribution in [2.45, 2.75) is 24.9 Å². The molecule has 0 aliphatic carbocycles.